The van der Waals surface area contributed by atoms with Gasteiger partial charge in [0.1, 0.15) is 0 Å². The normalized spacial score (nSPS) is 11.8. The summed E-state index contributed by atoms with van der Waals surface area (Å²) in [6.45, 7) is 0. The molecule has 242 valence electrons. The molecule has 0 amide bonds. The number of para-hydroxylation sites is 3. The van der Waals surface area contributed by atoms with Gasteiger partial charge in [-0.2, -0.15) is 4.40 Å². The monoisotopic (exact) mass is 664 g/mol. The molecule has 0 saturated carbocycles. The van der Waals surface area contributed by atoms with Gasteiger partial charge in [0.25, 0.3) is 11.5 Å². The predicted octanol–water partition coefficient (Wildman–Crippen LogP) is 10.9. The molecule has 11 aromatic rings. The average Bonchev–Trinajstić information content (AvgIpc) is 3.71. The van der Waals surface area contributed by atoms with Crippen LogP contribution in [0.1, 0.15) is 0 Å². The Labute approximate surface area is 298 Å². The molecule has 11 rings (SSSR count). The van der Waals surface area contributed by atoms with E-state index in [2.05, 4.69) is 165 Å². The smallest absolute Gasteiger partial charge is 0.309 e. The van der Waals surface area contributed by atoms with Gasteiger partial charge in [-0.3, -0.25) is 0 Å². The lowest BCUT2D eigenvalue weighted by atomic mass is 10.0. The summed E-state index contributed by atoms with van der Waals surface area (Å²) in [7, 11) is 0. The van der Waals surface area contributed by atoms with E-state index < -0.39 is 0 Å². The van der Waals surface area contributed by atoms with Crippen molar-refractivity contribution in [2.75, 3.05) is 0 Å². The minimum atomic E-state index is 0.698. The van der Waals surface area contributed by atoms with E-state index in [0.29, 0.717) is 5.82 Å². The maximum Gasteiger partial charge on any atom is 0.309 e. The van der Waals surface area contributed by atoms with Gasteiger partial charge < -0.3 is 9.13 Å². The summed E-state index contributed by atoms with van der Waals surface area (Å²) in [6.07, 6.45) is 2.03. The molecule has 52 heavy (non-hydrogen) atoms. The zero-order valence-corrected chi connectivity index (χ0v) is 28.1. The first-order valence-electron chi connectivity index (χ1n) is 17.6. The van der Waals surface area contributed by atoms with E-state index in [1.54, 1.807) is 0 Å². The Balaban J connectivity index is 1.20. The molecule has 5 heteroatoms. The van der Waals surface area contributed by atoms with Gasteiger partial charge in [0.2, 0.25) is 0 Å². The van der Waals surface area contributed by atoms with Crippen molar-refractivity contribution < 1.29 is 4.40 Å². The quantitative estimate of drug-likeness (QED) is 0.176. The summed E-state index contributed by atoms with van der Waals surface area (Å²) < 4.78 is 6.89. The average molecular weight is 665 g/mol. The Bertz CT molecular complexity index is 3180. The second-order valence-electron chi connectivity index (χ2n) is 13.3. The molecule has 0 spiro atoms. The number of nitrogens with zero attached hydrogens (tertiary/aromatic N) is 5. The largest absolute Gasteiger partial charge is 0.309 e. The van der Waals surface area contributed by atoms with Crippen molar-refractivity contribution in [1.29, 1.82) is 0 Å². The van der Waals surface area contributed by atoms with Crippen LogP contribution in [0.25, 0.3) is 94.2 Å². The molecule has 5 nitrogen and oxygen atoms in total. The minimum Gasteiger partial charge on any atom is -0.309 e. The Morgan fingerprint density at radius 2 is 1.00 bits per heavy atom. The van der Waals surface area contributed by atoms with Crippen molar-refractivity contribution in [3.05, 3.63) is 182 Å². The van der Waals surface area contributed by atoms with Crippen molar-refractivity contribution in [3.63, 3.8) is 0 Å². The number of aromatic nitrogens is 5. The molecule has 4 aromatic heterocycles. The van der Waals surface area contributed by atoms with Crippen LogP contribution in [0.5, 0.6) is 0 Å². The highest BCUT2D eigenvalue weighted by Crippen LogP contribution is 2.41. The Hall–Kier alpha value is -7.11. The lowest BCUT2D eigenvalue weighted by molar-refractivity contribution is -0.505. The molecule has 0 radical (unpaired) electrons. The third-order valence-electron chi connectivity index (χ3n) is 10.4. The molecular formula is C47H30N5+. The molecular weight excluding hydrogens is 635 g/mol. The minimum absolute atomic E-state index is 0.698. The second kappa shape index (κ2) is 11.2. The van der Waals surface area contributed by atoms with Crippen LogP contribution in [0.15, 0.2) is 182 Å². The van der Waals surface area contributed by atoms with E-state index in [9.17, 15) is 0 Å². The van der Waals surface area contributed by atoms with Crippen LogP contribution in [0, 0.1) is 0 Å². The highest BCUT2D eigenvalue weighted by molar-refractivity contribution is 6.19. The zero-order valence-electron chi connectivity index (χ0n) is 28.1. The van der Waals surface area contributed by atoms with E-state index in [4.69, 9.17) is 9.97 Å². The van der Waals surface area contributed by atoms with Crippen LogP contribution in [-0.4, -0.2) is 19.1 Å². The van der Waals surface area contributed by atoms with Crippen LogP contribution in [-0.2, 0) is 0 Å². The first kappa shape index (κ1) is 28.7. The van der Waals surface area contributed by atoms with Crippen LogP contribution in [0.3, 0.4) is 0 Å². The highest BCUT2D eigenvalue weighted by Gasteiger charge is 2.24. The van der Waals surface area contributed by atoms with E-state index in [0.717, 1.165) is 50.3 Å². The number of fused-ring (bicyclic) bond motifs is 8. The van der Waals surface area contributed by atoms with Crippen LogP contribution in [0.2, 0.25) is 0 Å². The Morgan fingerprint density at radius 1 is 0.404 bits per heavy atom. The number of benzene rings is 7. The molecule has 0 aliphatic heterocycles. The molecule has 0 fully saturated rings. The molecule has 0 saturated heterocycles. The van der Waals surface area contributed by atoms with Gasteiger partial charge in [0, 0.05) is 38.7 Å². The molecule has 4 heterocycles. The first-order valence-corrected chi connectivity index (χ1v) is 17.6. The van der Waals surface area contributed by atoms with Crippen LogP contribution in [0.4, 0.5) is 0 Å². The van der Waals surface area contributed by atoms with Gasteiger partial charge in [0.05, 0.1) is 45.1 Å². The molecule has 7 aromatic carbocycles. The first-order chi connectivity index (χ1) is 25.8. The fourth-order valence-electron chi connectivity index (χ4n) is 8.12. The van der Waals surface area contributed by atoms with Gasteiger partial charge in [0.15, 0.2) is 0 Å². The van der Waals surface area contributed by atoms with Gasteiger partial charge in [-0.1, -0.05) is 113 Å². The van der Waals surface area contributed by atoms with Crippen molar-refractivity contribution in [2.24, 2.45) is 0 Å². The summed E-state index contributed by atoms with van der Waals surface area (Å²) in [4.78, 5) is 10.3. The standard InChI is InChI=1S/C47H30N5/c1-3-15-31(16-4-1)47-49-46(48-45-25-13-14-28-50(45)47)37-26-27-42(34-20-8-7-19-33(34)37)52-41-24-12-10-22-36(41)39-29-38-35-21-9-11-23-40(35)51(43(38)30-44(39)52)32-17-5-2-6-18-32/h1-30H/q+1. The van der Waals surface area contributed by atoms with Crippen LogP contribution < -0.4 is 4.40 Å². The number of rotatable bonds is 4. The van der Waals surface area contributed by atoms with E-state index in [-0.39, 0.29) is 0 Å². The van der Waals surface area contributed by atoms with Crippen molar-refractivity contribution in [1.82, 2.24) is 19.1 Å². The SMILES string of the molecule is c1ccc(-c2nc(-c3ccc(-n4c5ccccc5c5cc6c7ccccc7n(-c7ccccc7)c6cc54)c4ccccc34)nc3cccc[n+]23)cc1. The third kappa shape index (κ3) is 4.20. The summed E-state index contributed by atoms with van der Waals surface area (Å²) in [6, 6.07) is 62.5. The van der Waals surface area contributed by atoms with Crippen molar-refractivity contribution in [2.45, 2.75) is 0 Å². The fraction of sp³-hybridized carbons (Fsp3) is 0. The van der Waals surface area contributed by atoms with Crippen molar-refractivity contribution in [3.8, 4) is 34.2 Å². The van der Waals surface area contributed by atoms with Gasteiger partial charge in [-0.15, -0.1) is 0 Å². The summed E-state index contributed by atoms with van der Waals surface area (Å²) >= 11 is 0. The van der Waals surface area contributed by atoms with E-state index >= 15 is 0 Å². The molecule has 0 bridgehead atoms. The number of hydrogen-bond donors (Lipinski definition) is 0. The molecule has 0 atom stereocenters. The predicted molar refractivity (Wildman–Crippen MR) is 212 cm³/mol. The lowest BCUT2D eigenvalue weighted by Gasteiger charge is -2.14. The van der Waals surface area contributed by atoms with Crippen molar-refractivity contribution >= 4 is 60.0 Å². The highest BCUT2D eigenvalue weighted by atomic mass is 15.1. The molecule has 0 unspecified atom stereocenters. The Morgan fingerprint density at radius 3 is 1.75 bits per heavy atom. The second-order valence-corrected chi connectivity index (χ2v) is 13.3. The van der Waals surface area contributed by atoms with Gasteiger partial charge >= 0.3 is 5.82 Å². The van der Waals surface area contributed by atoms with Gasteiger partial charge in [-0.25, -0.2) is 0 Å². The molecule has 0 aliphatic rings. The van der Waals surface area contributed by atoms with Crippen LogP contribution >= 0.6 is 0 Å². The maximum absolute atomic E-state index is 5.22. The van der Waals surface area contributed by atoms with E-state index in [1.165, 1.54) is 38.1 Å². The summed E-state index contributed by atoms with van der Waals surface area (Å²) in [5, 5.41) is 7.19. The van der Waals surface area contributed by atoms with E-state index in [1.807, 2.05) is 30.5 Å². The third-order valence-corrected chi connectivity index (χ3v) is 10.4. The molecule has 0 aliphatic carbocycles. The topological polar surface area (TPSA) is 39.7 Å². The van der Waals surface area contributed by atoms with Gasteiger partial charge in [-0.05, 0) is 72.1 Å². The lowest BCUT2D eigenvalue weighted by Crippen LogP contribution is -2.27. The zero-order chi connectivity index (χ0) is 34.2. The number of pyridine rings is 1. The maximum atomic E-state index is 5.22. The Kier molecular flexibility index (Phi) is 6.18. The number of hydrogen-bond acceptors (Lipinski definition) is 2. The molecule has 0 N–H and O–H groups in total. The summed E-state index contributed by atoms with van der Waals surface area (Å²) in [5.74, 6) is 1.55. The fourth-order valence-corrected chi connectivity index (χ4v) is 8.12. The summed E-state index contributed by atoms with van der Waals surface area (Å²) in [5.41, 5.74) is 9.86.